The number of benzene rings is 3. The number of ketones is 1. The van der Waals surface area contributed by atoms with Crippen molar-refractivity contribution < 1.29 is 18.0 Å². The number of anilines is 2. The quantitative estimate of drug-likeness (QED) is 0.453. The van der Waals surface area contributed by atoms with Gasteiger partial charge in [-0.15, -0.1) is 0 Å². The Morgan fingerprint density at radius 3 is 2.03 bits per heavy atom. The fourth-order valence-corrected chi connectivity index (χ4v) is 4.95. The molecule has 0 radical (unpaired) electrons. The molecular weight excluding hydrogens is 460 g/mol. The van der Waals surface area contributed by atoms with Gasteiger partial charge in [0.05, 0.1) is 11.9 Å². The highest BCUT2D eigenvalue weighted by atomic mass is 32.2. The normalized spacial score (nSPS) is 12.6. The zero-order valence-corrected chi connectivity index (χ0v) is 21.8. The van der Waals surface area contributed by atoms with Gasteiger partial charge in [0.1, 0.15) is 6.04 Å². The van der Waals surface area contributed by atoms with Crippen molar-refractivity contribution in [1.29, 1.82) is 0 Å². The summed E-state index contributed by atoms with van der Waals surface area (Å²) in [5.74, 6) is -0.665. The van der Waals surface area contributed by atoms with Crippen LogP contribution in [0.15, 0.2) is 72.8 Å². The van der Waals surface area contributed by atoms with Gasteiger partial charge in [0.15, 0.2) is 5.78 Å². The van der Waals surface area contributed by atoms with Gasteiger partial charge in [0.25, 0.3) is 0 Å². The van der Waals surface area contributed by atoms with Gasteiger partial charge in [-0.25, -0.2) is 8.42 Å². The van der Waals surface area contributed by atoms with E-state index in [1.165, 1.54) is 6.92 Å². The molecule has 3 aromatic carbocycles. The van der Waals surface area contributed by atoms with Crippen LogP contribution >= 0.6 is 0 Å². The number of carbonyl (C=O) groups is 2. The molecular formula is C28H32N2O4S. The molecule has 0 bridgehead atoms. The third kappa shape index (κ3) is 6.36. The Labute approximate surface area is 208 Å². The molecule has 7 heteroatoms. The summed E-state index contributed by atoms with van der Waals surface area (Å²) in [4.78, 5) is 26.1. The van der Waals surface area contributed by atoms with Gasteiger partial charge in [-0.2, -0.15) is 0 Å². The summed E-state index contributed by atoms with van der Waals surface area (Å²) in [7, 11) is -3.72. The molecule has 184 valence electrons. The van der Waals surface area contributed by atoms with Gasteiger partial charge in [0.2, 0.25) is 15.9 Å². The fourth-order valence-electron chi connectivity index (χ4n) is 3.77. The Morgan fingerprint density at radius 2 is 1.49 bits per heavy atom. The first-order valence-corrected chi connectivity index (χ1v) is 13.2. The van der Waals surface area contributed by atoms with E-state index in [0.717, 1.165) is 21.7 Å². The van der Waals surface area contributed by atoms with Gasteiger partial charge in [-0.05, 0) is 49.1 Å². The minimum Gasteiger partial charge on any atom is -0.324 e. The van der Waals surface area contributed by atoms with Crippen LogP contribution in [0.2, 0.25) is 0 Å². The number of hydrogen-bond donors (Lipinski definition) is 1. The van der Waals surface area contributed by atoms with E-state index >= 15 is 0 Å². The molecule has 1 amide bonds. The highest BCUT2D eigenvalue weighted by molar-refractivity contribution is 7.92. The standard InChI is InChI=1S/C28H32N2O4S/c1-19-10-16-25(17-11-19)30(35(6,33)34)20(2)27(32)29-24-9-7-8-22(18-24)26(31)21-12-14-23(15-13-21)28(3,4)5/h7-18,20H,1-6H3,(H,29,32)/t20-/m0/s1. The zero-order chi connectivity index (χ0) is 26.0. The lowest BCUT2D eigenvalue weighted by Crippen LogP contribution is -2.45. The number of nitrogens with zero attached hydrogens (tertiary/aromatic N) is 1. The van der Waals surface area contributed by atoms with Crippen molar-refractivity contribution in [2.75, 3.05) is 15.9 Å². The van der Waals surface area contributed by atoms with Crippen LogP contribution in [0.1, 0.15) is 54.7 Å². The first-order valence-electron chi connectivity index (χ1n) is 11.4. The van der Waals surface area contributed by atoms with Crippen molar-refractivity contribution in [3.8, 4) is 0 Å². The second-order valence-corrected chi connectivity index (χ2v) is 11.7. The lowest BCUT2D eigenvalue weighted by atomic mass is 9.86. The molecule has 35 heavy (non-hydrogen) atoms. The van der Waals surface area contributed by atoms with Crippen LogP contribution in [-0.4, -0.2) is 32.4 Å². The zero-order valence-electron chi connectivity index (χ0n) is 21.0. The van der Waals surface area contributed by atoms with E-state index in [1.807, 2.05) is 31.2 Å². The molecule has 0 unspecified atom stereocenters. The van der Waals surface area contributed by atoms with E-state index in [9.17, 15) is 18.0 Å². The van der Waals surface area contributed by atoms with E-state index in [2.05, 4.69) is 26.1 Å². The molecule has 0 heterocycles. The Balaban J connectivity index is 1.81. The van der Waals surface area contributed by atoms with Crippen LogP contribution in [0.25, 0.3) is 0 Å². The number of aryl methyl sites for hydroxylation is 1. The maximum Gasteiger partial charge on any atom is 0.247 e. The largest absolute Gasteiger partial charge is 0.324 e. The molecule has 0 aliphatic carbocycles. The Bertz CT molecular complexity index is 1320. The predicted molar refractivity (Wildman–Crippen MR) is 142 cm³/mol. The number of amides is 1. The topological polar surface area (TPSA) is 83.6 Å². The first kappa shape index (κ1) is 26.2. The van der Waals surface area contributed by atoms with Crippen LogP contribution in [0.3, 0.4) is 0 Å². The third-order valence-corrected chi connectivity index (χ3v) is 7.02. The third-order valence-electron chi connectivity index (χ3n) is 5.78. The monoisotopic (exact) mass is 492 g/mol. The van der Waals surface area contributed by atoms with Crippen LogP contribution in [0.4, 0.5) is 11.4 Å². The second-order valence-electron chi connectivity index (χ2n) is 9.80. The van der Waals surface area contributed by atoms with Crippen molar-refractivity contribution in [2.24, 2.45) is 0 Å². The molecule has 1 N–H and O–H groups in total. The summed E-state index contributed by atoms with van der Waals surface area (Å²) < 4.78 is 26.1. The summed E-state index contributed by atoms with van der Waals surface area (Å²) in [6, 6.07) is 20.1. The van der Waals surface area contributed by atoms with Crippen molar-refractivity contribution >= 4 is 33.1 Å². The lowest BCUT2D eigenvalue weighted by Gasteiger charge is -2.28. The number of hydrogen-bond acceptors (Lipinski definition) is 4. The first-order chi connectivity index (χ1) is 16.3. The minimum atomic E-state index is -3.72. The van der Waals surface area contributed by atoms with Crippen LogP contribution in [0, 0.1) is 6.92 Å². The van der Waals surface area contributed by atoms with Crippen LogP contribution < -0.4 is 9.62 Å². The van der Waals surface area contributed by atoms with Gasteiger partial charge in [-0.1, -0.05) is 74.9 Å². The predicted octanol–water partition coefficient (Wildman–Crippen LogP) is 5.32. The van der Waals surface area contributed by atoms with Crippen molar-refractivity contribution in [1.82, 2.24) is 0 Å². The van der Waals surface area contributed by atoms with E-state index < -0.39 is 22.0 Å². The SMILES string of the molecule is Cc1ccc(N([C@@H](C)C(=O)Nc2cccc(C(=O)c3ccc(C(C)(C)C)cc3)c2)S(C)(=O)=O)cc1. The maximum absolute atomic E-state index is 13.0. The number of sulfonamides is 1. The minimum absolute atomic E-state index is 0.0130. The molecule has 6 nitrogen and oxygen atoms in total. The molecule has 0 aliphatic heterocycles. The fraction of sp³-hybridized carbons (Fsp3) is 0.286. The molecule has 1 atom stereocenters. The van der Waals surface area contributed by atoms with E-state index in [4.69, 9.17) is 0 Å². The smallest absolute Gasteiger partial charge is 0.247 e. The average Bonchev–Trinajstić information content (AvgIpc) is 2.78. The number of rotatable bonds is 7. The Kier molecular flexibility index (Phi) is 7.50. The molecule has 0 saturated carbocycles. The molecule has 0 saturated heterocycles. The van der Waals surface area contributed by atoms with E-state index in [0.29, 0.717) is 22.5 Å². The van der Waals surface area contributed by atoms with Crippen molar-refractivity contribution in [2.45, 2.75) is 46.1 Å². The molecule has 0 aliphatic rings. The van der Waals surface area contributed by atoms with Crippen molar-refractivity contribution in [3.63, 3.8) is 0 Å². The van der Waals surface area contributed by atoms with Gasteiger partial charge < -0.3 is 5.32 Å². The number of nitrogens with one attached hydrogen (secondary N) is 1. The molecule has 0 fully saturated rings. The lowest BCUT2D eigenvalue weighted by molar-refractivity contribution is -0.116. The van der Waals surface area contributed by atoms with E-state index in [1.54, 1.807) is 48.5 Å². The van der Waals surface area contributed by atoms with Crippen LogP contribution in [-0.2, 0) is 20.2 Å². The molecule has 0 aromatic heterocycles. The van der Waals surface area contributed by atoms with Crippen molar-refractivity contribution in [3.05, 3.63) is 95.1 Å². The van der Waals surface area contributed by atoms with Gasteiger partial charge in [-0.3, -0.25) is 13.9 Å². The summed E-state index contributed by atoms with van der Waals surface area (Å²) in [5.41, 5.74) is 3.90. The Morgan fingerprint density at radius 1 is 0.886 bits per heavy atom. The van der Waals surface area contributed by atoms with Gasteiger partial charge in [0, 0.05) is 16.8 Å². The summed E-state index contributed by atoms with van der Waals surface area (Å²) in [6.45, 7) is 9.77. The Hall–Kier alpha value is -3.45. The maximum atomic E-state index is 13.0. The molecule has 0 spiro atoms. The number of carbonyl (C=O) groups excluding carboxylic acids is 2. The van der Waals surface area contributed by atoms with Gasteiger partial charge >= 0.3 is 0 Å². The van der Waals surface area contributed by atoms with Crippen LogP contribution in [0.5, 0.6) is 0 Å². The summed E-state index contributed by atoms with van der Waals surface area (Å²) in [6.07, 6.45) is 1.07. The molecule has 3 rings (SSSR count). The highest BCUT2D eigenvalue weighted by Crippen LogP contribution is 2.24. The molecule has 3 aromatic rings. The summed E-state index contributed by atoms with van der Waals surface area (Å²) in [5, 5.41) is 2.75. The second kappa shape index (κ2) is 10.0. The summed E-state index contributed by atoms with van der Waals surface area (Å²) >= 11 is 0. The highest BCUT2D eigenvalue weighted by Gasteiger charge is 2.29. The average molecular weight is 493 g/mol. The van der Waals surface area contributed by atoms with E-state index in [-0.39, 0.29) is 11.2 Å².